The Kier molecular flexibility index (Phi) is 4.91. The molecule has 1 fully saturated rings. The van der Waals surface area contributed by atoms with E-state index in [0.29, 0.717) is 0 Å². The second-order valence-electron chi connectivity index (χ2n) is 4.76. The van der Waals surface area contributed by atoms with Crippen molar-refractivity contribution in [3.05, 3.63) is 38.7 Å². The molecule has 9 nitrogen and oxygen atoms in total. The number of aliphatic hydroxyl groups is 2. The number of ether oxygens (including phenoxy) is 2. The Morgan fingerprint density at radius 3 is 2.91 bits per heavy atom. The summed E-state index contributed by atoms with van der Waals surface area (Å²) in [5, 5.41) is 19.1. The van der Waals surface area contributed by atoms with Crippen LogP contribution < -0.4 is 11.2 Å². The molecule has 120 valence electrons. The van der Waals surface area contributed by atoms with Crippen molar-refractivity contribution >= 4 is 12.0 Å². The van der Waals surface area contributed by atoms with Gasteiger partial charge in [0.05, 0.1) is 25.9 Å². The molecule has 1 saturated heterocycles. The van der Waals surface area contributed by atoms with Gasteiger partial charge in [0, 0.05) is 18.2 Å². The lowest BCUT2D eigenvalue weighted by atomic mass is 10.1. The predicted octanol–water partition coefficient (Wildman–Crippen LogP) is -1.78. The molecule has 0 aromatic carbocycles. The van der Waals surface area contributed by atoms with Crippen LogP contribution in [0.1, 0.15) is 11.8 Å². The fraction of sp³-hybridized carbons (Fsp3) is 0.462. The minimum atomic E-state index is -1.09. The molecular weight excluding hydrogens is 296 g/mol. The number of hydrogen-bond acceptors (Lipinski definition) is 7. The molecular formula is C13H16N2O7. The summed E-state index contributed by atoms with van der Waals surface area (Å²) >= 11 is 0. The highest BCUT2D eigenvalue weighted by Crippen LogP contribution is 2.27. The van der Waals surface area contributed by atoms with Gasteiger partial charge >= 0.3 is 11.7 Å². The van der Waals surface area contributed by atoms with Crippen molar-refractivity contribution in [1.82, 2.24) is 9.55 Å². The molecule has 1 aliphatic heterocycles. The molecule has 3 atom stereocenters. The second-order valence-corrected chi connectivity index (χ2v) is 4.76. The van der Waals surface area contributed by atoms with E-state index in [1.165, 1.54) is 19.4 Å². The van der Waals surface area contributed by atoms with Gasteiger partial charge in [0.2, 0.25) is 0 Å². The van der Waals surface area contributed by atoms with Crippen molar-refractivity contribution in [2.45, 2.75) is 12.3 Å². The largest absolute Gasteiger partial charge is 0.466 e. The van der Waals surface area contributed by atoms with Crippen molar-refractivity contribution in [2.24, 2.45) is 5.92 Å². The molecule has 1 aromatic rings. The third-order valence-electron chi connectivity index (χ3n) is 3.36. The summed E-state index contributed by atoms with van der Waals surface area (Å²) in [4.78, 5) is 36.7. The number of rotatable bonds is 4. The lowest BCUT2D eigenvalue weighted by Crippen LogP contribution is -2.37. The Labute approximate surface area is 124 Å². The van der Waals surface area contributed by atoms with E-state index in [0.717, 1.165) is 10.6 Å². The zero-order valence-electron chi connectivity index (χ0n) is 11.8. The minimum Gasteiger partial charge on any atom is -0.466 e. The molecule has 0 aliphatic carbocycles. The first-order valence-electron chi connectivity index (χ1n) is 6.50. The van der Waals surface area contributed by atoms with Gasteiger partial charge in [-0.1, -0.05) is 0 Å². The van der Waals surface area contributed by atoms with Crippen LogP contribution in [0, 0.1) is 5.92 Å². The minimum absolute atomic E-state index is 0.0215. The maximum atomic E-state index is 11.9. The standard InChI is InChI=1S/C13H16N2O7/c1-21-9(17)3-2-7-4-15(13(20)14-11(7)19)12-10(18)8(5-16)6-22-12/h2-4,8,10,12,16,18H,5-6H2,1H3,(H,14,19,20)/b3-2+/t8-,10-,12-/m0/s1. The van der Waals surface area contributed by atoms with Gasteiger partial charge in [-0.25, -0.2) is 9.59 Å². The number of carbonyl (C=O) groups is 1. The lowest BCUT2D eigenvalue weighted by Gasteiger charge is -2.18. The molecule has 2 heterocycles. The van der Waals surface area contributed by atoms with Crippen LogP contribution >= 0.6 is 0 Å². The van der Waals surface area contributed by atoms with E-state index in [-0.39, 0.29) is 18.8 Å². The van der Waals surface area contributed by atoms with Crippen LogP contribution in [0.15, 0.2) is 21.9 Å². The van der Waals surface area contributed by atoms with Crippen molar-refractivity contribution in [2.75, 3.05) is 20.3 Å². The number of hydrogen-bond donors (Lipinski definition) is 3. The molecule has 9 heteroatoms. The monoisotopic (exact) mass is 312 g/mol. The summed E-state index contributed by atoms with van der Waals surface area (Å²) < 4.78 is 10.7. The third-order valence-corrected chi connectivity index (χ3v) is 3.36. The molecule has 0 radical (unpaired) electrons. The van der Waals surface area contributed by atoms with Gasteiger partial charge in [-0.2, -0.15) is 0 Å². The quantitative estimate of drug-likeness (QED) is 0.442. The normalized spacial score (nSPS) is 24.8. The Hall–Kier alpha value is -2.23. The van der Waals surface area contributed by atoms with E-state index in [9.17, 15) is 19.5 Å². The Bertz CT molecular complexity index is 690. The second kappa shape index (κ2) is 6.69. The molecule has 0 bridgehead atoms. The number of aromatic nitrogens is 2. The summed E-state index contributed by atoms with van der Waals surface area (Å²) in [6.07, 6.45) is 1.28. The highest BCUT2D eigenvalue weighted by Gasteiger charge is 2.37. The Morgan fingerprint density at radius 1 is 1.59 bits per heavy atom. The number of carbonyl (C=O) groups excluding carboxylic acids is 1. The lowest BCUT2D eigenvalue weighted by molar-refractivity contribution is -0.134. The maximum Gasteiger partial charge on any atom is 0.330 e. The molecule has 3 N–H and O–H groups in total. The van der Waals surface area contributed by atoms with E-state index in [1.807, 2.05) is 0 Å². The molecule has 0 unspecified atom stereocenters. The van der Waals surface area contributed by atoms with Crippen LogP contribution in [0.4, 0.5) is 0 Å². The molecule has 1 aromatic heterocycles. The van der Waals surface area contributed by atoms with Crippen LogP contribution in [-0.2, 0) is 14.3 Å². The SMILES string of the molecule is COC(=O)/C=C/c1cn([C@H]2OC[C@H](CO)[C@@H]2O)c(=O)[nH]c1=O. The average molecular weight is 312 g/mol. The van der Waals surface area contributed by atoms with Gasteiger partial charge in [0.15, 0.2) is 6.23 Å². The van der Waals surface area contributed by atoms with Gasteiger partial charge in [-0.3, -0.25) is 14.3 Å². The predicted molar refractivity (Wildman–Crippen MR) is 73.9 cm³/mol. The van der Waals surface area contributed by atoms with Crippen molar-refractivity contribution < 1.29 is 24.5 Å². The first-order valence-corrected chi connectivity index (χ1v) is 6.50. The van der Waals surface area contributed by atoms with Gasteiger partial charge in [0.25, 0.3) is 5.56 Å². The summed E-state index contributed by atoms with van der Waals surface area (Å²) in [6, 6.07) is 0. The first kappa shape index (κ1) is 16.1. The number of nitrogens with zero attached hydrogens (tertiary/aromatic N) is 1. The highest BCUT2D eigenvalue weighted by molar-refractivity contribution is 5.86. The zero-order chi connectivity index (χ0) is 16.3. The van der Waals surface area contributed by atoms with Gasteiger partial charge in [0.1, 0.15) is 6.10 Å². The van der Waals surface area contributed by atoms with Crippen LogP contribution in [0.25, 0.3) is 6.08 Å². The van der Waals surface area contributed by atoms with Crippen LogP contribution in [0.5, 0.6) is 0 Å². The van der Waals surface area contributed by atoms with Crippen LogP contribution in [0.2, 0.25) is 0 Å². The Balaban J connectivity index is 2.37. The van der Waals surface area contributed by atoms with Gasteiger partial charge in [-0.05, 0) is 6.08 Å². The molecule has 0 amide bonds. The first-order chi connectivity index (χ1) is 10.5. The Morgan fingerprint density at radius 2 is 2.32 bits per heavy atom. The van der Waals surface area contributed by atoms with Crippen LogP contribution in [0.3, 0.4) is 0 Å². The van der Waals surface area contributed by atoms with Crippen molar-refractivity contribution in [3.8, 4) is 0 Å². The maximum absolute atomic E-state index is 11.9. The molecule has 1 aliphatic rings. The average Bonchev–Trinajstić information content (AvgIpc) is 2.87. The molecule has 0 spiro atoms. The fourth-order valence-electron chi connectivity index (χ4n) is 2.09. The number of aliphatic hydroxyl groups excluding tert-OH is 2. The highest BCUT2D eigenvalue weighted by atomic mass is 16.5. The topological polar surface area (TPSA) is 131 Å². The van der Waals surface area contributed by atoms with Gasteiger partial charge in [-0.15, -0.1) is 0 Å². The summed E-state index contributed by atoms with van der Waals surface area (Å²) in [6.45, 7) is -0.202. The number of nitrogens with one attached hydrogen (secondary N) is 1. The summed E-state index contributed by atoms with van der Waals surface area (Å²) in [5.74, 6) is -1.17. The van der Waals surface area contributed by atoms with Crippen molar-refractivity contribution in [1.29, 1.82) is 0 Å². The molecule has 22 heavy (non-hydrogen) atoms. The smallest absolute Gasteiger partial charge is 0.330 e. The summed E-state index contributed by atoms with van der Waals surface area (Å²) in [5.41, 5.74) is -1.43. The fourth-order valence-corrected chi connectivity index (χ4v) is 2.09. The van der Waals surface area contributed by atoms with E-state index in [4.69, 9.17) is 9.84 Å². The van der Waals surface area contributed by atoms with Crippen LogP contribution in [-0.4, -0.2) is 52.2 Å². The number of aromatic amines is 1. The third kappa shape index (κ3) is 3.16. The zero-order valence-corrected chi connectivity index (χ0v) is 11.8. The number of methoxy groups -OCH3 is 1. The summed E-state index contributed by atoms with van der Waals surface area (Å²) in [7, 11) is 1.19. The van der Waals surface area contributed by atoms with E-state index < -0.39 is 35.5 Å². The van der Waals surface area contributed by atoms with E-state index in [2.05, 4.69) is 9.72 Å². The molecule has 2 rings (SSSR count). The number of H-pyrrole nitrogens is 1. The molecule has 0 saturated carbocycles. The van der Waals surface area contributed by atoms with E-state index >= 15 is 0 Å². The van der Waals surface area contributed by atoms with Crippen molar-refractivity contribution in [3.63, 3.8) is 0 Å². The number of esters is 1. The van der Waals surface area contributed by atoms with Gasteiger partial charge < -0.3 is 19.7 Å². The van der Waals surface area contributed by atoms with E-state index in [1.54, 1.807) is 0 Å².